The summed E-state index contributed by atoms with van der Waals surface area (Å²) >= 11 is 0. The second-order valence-electron chi connectivity index (χ2n) is 10.2. The van der Waals surface area contributed by atoms with Crippen molar-refractivity contribution < 1.29 is 51.8 Å². The van der Waals surface area contributed by atoms with Crippen LogP contribution in [0.3, 0.4) is 0 Å². The summed E-state index contributed by atoms with van der Waals surface area (Å²) in [5, 5.41) is 0.220. The molecule has 0 aromatic heterocycles. The van der Waals surface area contributed by atoms with E-state index in [0.717, 1.165) is 0 Å². The predicted octanol–water partition coefficient (Wildman–Crippen LogP) is 3.32. The van der Waals surface area contributed by atoms with E-state index in [1.807, 2.05) is 0 Å². The van der Waals surface area contributed by atoms with Gasteiger partial charge in [-0.2, -0.15) is 0 Å². The van der Waals surface area contributed by atoms with E-state index < -0.39 is 8.32 Å². The Morgan fingerprint density at radius 2 is 0.650 bits per heavy atom. The van der Waals surface area contributed by atoms with Crippen molar-refractivity contribution in [2.75, 3.05) is 132 Å². The molecule has 0 aliphatic carbocycles. The van der Waals surface area contributed by atoms with Crippen molar-refractivity contribution in [3.8, 4) is 0 Å². The Morgan fingerprint density at radius 1 is 0.425 bits per heavy atom. The van der Waals surface area contributed by atoms with Crippen LogP contribution in [0.15, 0.2) is 12.8 Å². The van der Waals surface area contributed by atoms with Gasteiger partial charge in [-0.3, -0.25) is 0 Å². The minimum atomic E-state index is -1.69. The SMILES string of the molecule is C=COCCOCCOCCOCCOCCOCCOCCOCCOCCOCCO[Si](C)(C)C(C)(C)C. The molecule has 40 heavy (non-hydrogen) atoms. The van der Waals surface area contributed by atoms with Crippen molar-refractivity contribution in [3.05, 3.63) is 12.8 Å². The van der Waals surface area contributed by atoms with Gasteiger partial charge >= 0.3 is 0 Å². The van der Waals surface area contributed by atoms with Crippen LogP contribution in [-0.4, -0.2) is 140 Å². The first-order valence-electron chi connectivity index (χ1n) is 14.4. The fraction of sp³-hybridized carbons (Fsp3) is 0.929. The van der Waals surface area contributed by atoms with Gasteiger partial charge in [0.05, 0.1) is 132 Å². The second-order valence-corrected chi connectivity index (χ2v) is 15.0. The lowest BCUT2D eigenvalue weighted by Gasteiger charge is -2.36. The van der Waals surface area contributed by atoms with E-state index >= 15 is 0 Å². The van der Waals surface area contributed by atoms with Crippen LogP contribution in [0.5, 0.6) is 0 Å². The first kappa shape index (κ1) is 39.4. The van der Waals surface area contributed by atoms with E-state index in [4.69, 9.17) is 51.8 Å². The van der Waals surface area contributed by atoms with Crippen molar-refractivity contribution in [2.45, 2.75) is 38.9 Å². The molecule has 240 valence electrons. The first-order valence-corrected chi connectivity index (χ1v) is 17.3. The summed E-state index contributed by atoms with van der Waals surface area (Å²) in [6, 6.07) is 0. The predicted molar refractivity (Wildman–Crippen MR) is 157 cm³/mol. The monoisotopic (exact) mass is 598 g/mol. The fourth-order valence-electron chi connectivity index (χ4n) is 2.62. The lowest BCUT2D eigenvalue weighted by molar-refractivity contribution is -0.0260. The van der Waals surface area contributed by atoms with Gasteiger partial charge in [-0.05, 0) is 18.1 Å². The van der Waals surface area contributed by atoms with Crippen LogP contribution < -0.4 is 0 Å². The van der Waals surface area contributed by atoms with E-state index in [2.05, 4.69) is 40.4 Å². The molecule has 0 radical (unpaired) electrons. The Morgan fingerprint density at radius 3 is 0.875 bits per heavy atom. The van der Waals surface area contributed by atoms with E-state index in [1.54, 1.807) is 0 Å². The van der Waals surface area contributed by atoms with Crippen molar-refractivity contribution >= 4 is 8.32 Å². The maximum Gasteiger partial charge on any atom is 0.192 e. The zero-order valence-electron chi connectivity index (χ0n) is 25.9. The van der Waals surface area contributed by atoms with Crippen molar-refractivity contribution in [3.63, 3.8) is 0 Å². The number of hydrogen-bond donors (Lipinski definition) is 0. The van der Waals surface area contributed by atoms with Gasteiger partial charge in [0.15, 0.2) is 8.32 Å². The van der Waals surface area contributed by atoms with Crippen molar-refractivity contribution in [1.29, 1.82) is 0 Å². The van der Waals surface area contributed by atoms with E-state index in [9.17, 15) is 0 Å². The molecule has 0 amide bonds. The van der Waals surface area contributed by atoms with Crippen LogP contribution in [0.1, 0.15) is 20.8 Å². The Hall–Kier alpha value is -0.643. The van der Waals surface area contributed by atoms with Gasteiger partial charge in [0, 0.05) is 0 Å². The molecule has 0 bridgehead atoms. The van der Waals surface area contributed by atoms with Gasteiger partial charge in [0.1, 0.15) is 6.61 Å². The standard InChI is InChI=1S/C28H58O11Si/c1-7-29-8-9-30-10-11-31-12-13-32-14-15-33-16-17-34-18-19-35-20-21-36-22-23-37-24-25-38-26-27-39-40(5,6)28(2,3)4/h7H,1,8-27H2,2-6H3. The van der Waals surface area contributed by atoms with Gasteiger partial charge < -0.3 is 51.8 Å². The zero-order valence-corrected chi connectivity index (χ0v) is 26.9. The minimum absolute atomic E-state index is 0.220. The third-order valence-corrected chi connectivity index (χ3v) is 10.5. The van der Waals surface area contributed by atoms with Crippen LogP contribution in [0.25, 0.3) is 0 Å². The van der Waals surface area contributed by atoms with Gasteiger partial charge in [-0.25, -0.2) is 0 Å². The highest BCUT2D eigenvalue weighted by Gasteiger charge is 2.36. The van der Waals surface area contributed by atoms with Gasteiger partial charge in [-0.15, -0.1) is 0 Å². The van der Waals surface area contributed by atoms with E-state index in [0.29, 0.717) is 132 Å². The molecule has 0 unspecified atom stereocenters. The molecule has 11 nitrogen and oxygen atoms in total. The van der Waals surface area contributed by atoms with Crippen LogP contribution >= 0.6 is 0 Å². The Labute approximate surface area is 244 Å². The number of ether oxygens (including phenoxy) is 10. The molecule has 0 N–H and O–H groups in total. The highest BCUT2D eigenvalue weighted by atomic mass is 28.4. The minimum Gasteiger partial charge on any atom is -0.499 e. The fourth-order valence-corrected chi connectivity index (χ4v) is 3.65. The largest absolute Gasteiger partial charge is 0.499 e. The maximum absolute atomic E-state index is 6.07. The Bertz CT molecular complexity index is 533. The quantitative estimate of drug-likeness (QED) is 0.0648. The van der Waals surface area contributed by atoms with Crippen LogP contribution in [0, 0.1) is 0 Å². The van der Waals surface area contributed by atoms with Gasteiger partial charge in [0.25, 0.3) is 0 Å². The topological polar surface area (TPSA) is 102 Å². The lowest BCUT2D eigenvalue weighted by atomic mass is 10.2. The Balaban J connectivity index is 3.13. The average molecular weight is 599 g/mol. The summed E-state index contributed by atoms with van der Waals surface area (Å²) in [6.45, 7) is 25.4. The number of rotatable bonds is 32. The molecule has 0 aromatic rings. The summed E-state index contributed by atoms with van der Waals surface area (Å²) in [5.74, 6) is 0. The highest BCUT2D eigenvalue weighted by molar-refractivity contribution is 6.74. The molecule has 0 atom stereocenters. The summed E-state index contributed by atoms with van der Waals surface area (Å²) < 4.78 is 60.1. The van der Waals surface area contributed by atoms with E-state index in [1.165, 1.54) is 6.26 Å². The third-order valence-electron chi connectivity index (χ3n) is 5.94. The van der Waals surface area contributed by atoms with Gasteiger partial charge in [-0.1, -0.05) is 27.4 Å². The molecule has 12 heteroatoms. The molecule has 0 aliphatic heterocycles. The Kier molecular flexibility index (Phi) is 28.0. The number of hydrogen-bond acceptors (Lipinski definition) is 11. The van der Waals surface area contributed by atoms with Crippen LogP contribution in [0.2, 0.25) is 18.1 Å². The average Bonchev–Trinajstić information content (AvgIpc) is 2.91. The molecule has 0 fully saturated rings. The smallest absolute Gasteiger partial charge is 0.192 e. The lowest BCUT2D eigenvalue weighted by Crippen LogP contribution is -2.41. The summed E-state index contributed by atoms with van der Waals surface area (Å²) in [5.41, 5.74) is 0. The highest BCUT2D eigenvalue weighted by Crippen LogP contribution is 2.36. The normalized spacial score (nSPS) is 12.2. The molecule has 0 aliphatic rings. The molecule has 0 spiro atoms. The van der Waals surface area contributed by atoms with Crippen molar-refractivity contribution in [1.82, 2.24) is 0 Å². The third kappa shape index (κ3) is 27.5. The molecule has 0 rings (SSSR count). The molecule has 0 saturated heterocycles. The molecule has 0 saturated carbocycles. The zero-order chi connectivity index (χ0) is 29.6. The first-order chi connectivity index (χ1) is 19.3. The van der Waals surface area contributed by atoms with Crippen LogP contribution in [-0.2, 0) is 51.8 Å². The summed E-state index contributed by atoms with van der Waals surface area (Å²) in [6.07, 6.45) is 1.40. The molecular weight excluding hydrogens is 540 g/mol. The summed E-state index contributed by atoms with van der Waals surface area (Å²) in [7, 11) is -1.69. The molecule has 0 aromatic carbocycles. The molecular formula is C28H58O11Si. The van der Waals surface area contributed by atoms with Gasteiger partial charge in [0.2, 0.25) is 0 Å². The molecule has 0 heterocycles. The maximum atomic E-state index is 6.07. The summed E-state index contributed by atoms with van der Waals surface area (Å²) in [4.78, 5) is 0. The van der Waals surface area contributed by atoms with Crippen LogP contribution in [0.4, 0.5) is 0 Å². The van der Waals surface area contributed by atoms with Crippen molar-refractivity contribution in [2.24, 2.45) is 0 Å². The van der Waals surface area contributed by atoms with E-state index in [-0.39, 0.29) is 5.04 Å². The second kappa shape index (κ2) is 28.5.